The molecule has 0 aliphatic rings. The molecule has 0 aliphatic heterocycles. The third-order valence-electron chi connectivity index (χ3n) is 4.28. The summed E-state index contributed by atoms with van der Waals surface area (Å²) in [5.74, 6) is 3.00. The summed E-state index contributed by atoms with van der Waals surface area (Å²) in [7, 11) is 1.63. The molecule has 0 saturated carbocycles. The zero-order valence-electron chi connectivity index (χ0n) is 16.7. The van der Waals surface area contributed by atoms with Crippen molar-refractivity contribution in [2.45, 2.75) is 6.92 Å². The molecule has 4 rings (SSSR count). The molecule has 0 bridgehead atoms. The Morgan fingerprint density at radius 2 is 1.60 bits per heavy atom. The number of methoxy groups -OCH3 is 1. The number of hydrogen-bond donors (Lipinski definition) is 2. The predicted octanol–water partition coefficient (Wildman–Crippen LogP) is 5.47. The molecule has 7 nitrogen and oxygen atoms in total. The van der Waals surface area contributed by atoms with Crippen LogP contribution in [0.25, 0.3) is 0 Å². The van der Waals surface area contributed by atoms with Gasteiger partial charge >= 0.3 is 0 Å². The maximum absolute atomic E-state index is 5.98. The van der Waals surface area contributed by atoms with Gasteiger partial charge in [0.1, 0.15) is 11.5 Å². The van der Waals surface area contributed by atoms with Crippen LogP contribution in [0.4, 0.5) is 23.1 Å². The minimum Gasteiger partial charge on any atom is -0.495 e. The lowest BCUT2D eigenvalue weighted by molar-refractivity contribution is 0.416. The molecule has 0 fully saturated rings. The second-order valence-electron chi connectivity index (χ2n) is 6.53. The van der Waals surface area contributed by atoms with E-state index >= 15 is 0 Å². The first-order valence-corrected chi connectivity index (χ1v) is 9.41. The molecular weight excluding hydrogens is 378 g/mol. The summed E-state index contributed by atoms with van der Waals surface area (Å²) in [4.78, 5) is 4.51. The fourth-order valence-electron chi connectivity index (χ4n) is 2.87. The minimum atomic E-state index is 0.343. The lowest BCUT2D eigenvalue weighted by Gasteiger charge is -2.13. The van der Waals surface area contributed by atoms with E-state index < -0.39 is 0 Å². The van der Waals surface area contributed by atoms with Crippen LogP contribution in [0.2, 0.25) is 0 Å². The van der Waals surface area contributed by atoms with Crippen molar-refractivity contribution < 1.29 is 9.47 Å². The molecule has 0 saturated heterocycles. The number of nitrogens with zero attached hydrogens (tertiary/aromatic N) is 3. The summed E-state index contributed by atoms with van der Waals surface area (Å²) < 4.78 is 11.4. The first-order chi connectivity index (χ1) is 14.7. The van der Waals surface area contributed by atoms with Crippen molar-refractivity contribution in [3.63, 3.8) is 0 Å². The van der Waals surface area contributed by atoms with Crippen LogP contribution in [0.15, 0.2) is 79.0 Å². The zero-order valence-corrected chi connectivity index (χ0v) is 16.7. The molecule has 4 aromatic rings. The summed E-state index contributed by atoms with van der Waals surface area (Å²) in [6.45, 7) is 2.01. The number of para-hydroxylation sites is 3. The first-order valence-electron chi connectivity index (χ1n) is 9.41. The second kappa shape index (κ2) is 8.91. The van der Waals surface area contributed by atoms with Gasteiger partial charge in [0.05, 0.1) is 24.7 Å². The van der Waals surface area contributed by atoms with E-state index in [4.69, 9.17) is 9.47 Å². The van der Waals surface area contributed by atoms with E-state index in [0.29, 0.717) is 17.5 Å². The molecule has 7 heteroatoms. The number of aryl methyl sites for hydroxylation is 1. The molecule has 3 aromatic carbocycles. The Morgan fingerprint density at radius 3 is 2.43 bits per heavy atom. The van der Waals surface area contributed by atoms with Gasteiger partial charge in [0, 0.05) is 0 Å². The highest BCUT2D eigenvalue weighted by molar-refractivity contribution is 5.67. The molecule has 1 heterocycles. The summed E-state index contributed by atoms with van der Waals surface area (Å²) in [6.07, 6.45) is 1.55. The Bertz CT molecular complexity index is 1140. The maximum Gasteiger partial charge on any atom is 0.249 e. The van der Waals surface area contributed by atoms with Crippen molar-refractivity contribution >= 4 is 23.1 Å². The van der Waals surface area contributed by atoms with Gasteiger partial charge in [0.25, 0.3) is 0 Å². The summed E-state index contributed by atoms with van der Waals surface area (Å²) in [5.41, 5.74) is 2.64. The van der Waals surface area contributed by atoms with Gasteiger partial charge in [-0.15, -0.1) is 5.10 Å². The molecule has 0 atom stereocenters. The van der Waals surface area contributed by atoms with Crippen molar-refractivity contribution in [2.24, 2.45) is 0 Å². The number of ether oxygens (including phenoxy) is 2. The monoisotopic (exact) mass is 399 g/mol. The van der Waals surface area contributed by atoms with E-state index in [0.717, 1.165) is 28.4 Å². The highest BCUT2D eigenvalue weighted by Gasteiger charge is 2.09. The molecule has 0 spiro atoms. The minimum absolute atomic E-state index is 0.343. The number of benzene rings is 3. The Labute approximate surface area is 174 Å². The van der Waals surface area contributed by atoms with Gasteiger partial charge in [0.15, 0.2) is 11.6 Å². The molecule has 0 aliphatic carbocycles. The first kappa shape index (κ1) is 19.2. The predicted molar refractivity (Wildman–Crippen MR) is 117 cm³/mol. The lowest BCUT2D eigenvalue weighted by Crippen LogP contribution is -2.04. The van der Waals surface area contributed by atoms with Crippen molar-refractivity contribution in [3.8, 4) is 17.2 Å². The van der Waals surface area contributed by atoms with Crippen molar-refractivity contribution in [1.82, 2.24) is 15.2 Å². The van der Waals surface area contributed by atoms with E-state index in [1.54, 1.807) is 13.3 Å². The highest BCUT2D eigenvalue weighted by Crippen LogP contribution is 2.31. The van der Waals surface area contributed by atoms with Crippen molar-refractivity contribution in [2.75, 3.05) is 17.7 Å². The van der Waals surface area contributed by atoms with Gasteiger partial charge in [-0.1, -0.05) is 36.4 Å². The zero-order chi connectivity index (χ0) is 20.8. The van der Waals surface area contributed by atoms with Gasteiger partial charge in [0.2, 0.25) is 5.95 Å². The molecule has 30 heavy (non-hydrogen) atoms. The van der Waals surface area contributed by atoms with Gasteiger partial charge in [-0.2, -0.15) is 10.1 Å². The van der Waals surface area contributed by atoms with Gasteiger partial charge in [-0.05, 0) is 48.9 Å². The quantitative estimate of drug-likeness (QED) is 0.426. The second-order valence-corrected chi connectivity index (χ2v) is 6.53. The van der Waals surface area contributed by atoms with Crippen LogP contribution < -0.4 is 20.1 Å². The van der Waals surface area contributed by atoms with Crippen LogP contribution >= 0.6 is 0 Å². The van der Waals surface area contributed by atoms with Crippen molar-refractivity contribution in [1.29, 1.82) is 0 Å². The van der Waals surface area contributed by atoms with Crippen LogP contribution in [0, 0.1) is 6.92 Å². The average molecular weight is 399 g/mol. The van der Waals surface area contributed by atoms with Gasteiger partial charge < -0.3 is 20.1 Å². The van der Waals surface area contributed by atoms with Crippen LogP contribution in [0.3, 0.4) is 0 Å². The van der Waals surface area contributed by atoms with E-state index in [1.807, 2.05) is 79.7 Å². The molecular formula is C23H21N5O2. The van der Waals surface area contributed by atoms with Gasteiger partial charge in [-0.25, -0.2) is 0 Å². The fourth-order valence-corrected chi connectivity index (χ4v) is 2.87. The lowest BCUT2D eigenvalue weighted by atomic mass is 10.2. The maximum atomic E-state index is 5.98. The molecule has 1 aromatic heterocycles. The summed E-state index contributed by atoms with van der Waals surface area (Å²) in [5, 5.41) is 14.5. The van der Waals surface area contributed by atoms with Crippen LogP contribution in [-0.2, 0) is 0 Å². The largest absolute Gasteiger partial charge is 0.495 e. The van der Waals surface area contributed by atoms with Crippen molar-refractivity contribution in [3.05, 3.63) is 84.6 Å². The third-order valence-corrected chi connectivity index (χ3v) is 4.28. The highest BCUT2D eigenvalue weighted by atomic mass is 16.5. The number of aromatic nitrogens is 3. The van der Waals surface area contributed by atoms with Gasteiger partial charge in [-0.3, -0.25) is 0 Å². The van der Waals surface area contributed by atoms with E-state index in [2.05, 4.69) is 25.8 Å². The summed E-state index contributed by atoms with van der Waals surface area (Å²) >= 11 is 0. The fraction of sp³-hybridized carbons (Fsp3) is 0.0870. The third kappa shape index (κ3) is 4.64. The molecule has 150 valence electrons. The SMILES string of the molecule is COc1ccc(C)cc1Nc1cnnc(Nc2ccccc2Oc2ccccc2)n1. The van der Waals surface area contributed by atoms with Crippen LogP contribution in [0.5, 0.6) is 17.2 Å². The summed E-state index contributed by atoms with van der Waals surface area (Å²) in [6, 6.07) is 23.0. The molecule has 0 amide bonds. The molecule has 2 N–H and O–H groups in total. The number of hydrogen-bond acceptors (Lipinski definition) is 7. The van der Waals surface area contributed by atoms with Crippen LogP contribution in [0.1, 0.15) is 5.56 Å². The Balaban J connectivity index is 1.55. The normalized spacial score (nSPS) is 10.3. The number of anilines is 4. The van der Waals surface area contributed by atoms with E-state index in [9.17, 15) is 0 Å². The van der Waals surface area contributed by atoms with Crippen LogP contribution in [-0.4, -0.2) is 22.3 Å². The molecule has 0 unspecified atom stereocenters. The van der Waals surface area contributed by atoms with E-state index in [1.165, 1.54) is 0 Å². The standard InChI is InChI=1S/C23H21N5O2/c1-16-12-13-20(29-2)19(14-16)25-22-15-24-28-23(27-22)26-18-10-6-7-11-21(18)30-17-8-4-3-5-9-17/h3-15H,1-2H3,(H2,25,26,27,28). The Hall–Kier alpha value is -4.13. The average Bonchev–Trinajstić information content (AvgIpc) is 2.76. The topological polar surface area (TPSA) is 81.2 Å². The molecule has 0 radical (unpaired) electrons. The Kier molecular flexibility index (Phi) is 5.70. The Morgan fingerprint density at radius 1 is 0.800 bits per heavy atom. The smallest absolute Gasteiger partial charge is 0.249 e. The number of rotatable bonds is 7. The van der Waals surface area contributed by atoms with E-state index in [-0.39, 0.29) is 0 Å². The number of nitrogens with one attached hydrogen (secondary N) is 2.